The molecular weight excluding hydrogens is 598 g/mol. The standard InChI is InChI=1S/C34H47NO11/c1-7-35-15-31(16-41-3)20(37)13-21(42-4)33-19-14-32(40)28(45-30(39)18-11-9-8-10-12-18)22(19)34(46-17(2)36,27(38)29(32)44-6)23(26(33)35)24(43-5)25(31)33/h8-12,19-29,37-38,40H,7,13-16H2,1-6H3/t19-,20-,21+,22-,23?,24+,25-,26?,27+,28+,29+,31+,32-,33?,34-/m1/s1. The lowest BCUT2D eigenvalue weighted by atomic mass is 9.42. The first-order chi connectivity index (χ1) is 22.0. The highest BCUT2D eigenvalue weighted by molar-refractivity contribution is 5.89. The molecule has 12 nitrogen and oxygen atoms in total. The zero-order chi connectivity index (χ0) is 33.0. The van der Waals surface area contributed by atoms with Crippen LogP contribution in [0.3, 0.4) is 0 Å². The van der Waals surface area contributed by atoms with Gasteiger partial charge in [0.25, 0.3) is 0 Å². The number of hydrogen-bond acceptors (Lipinski definition) is 12. The molecule has 46 heavy (non-hydrogen) atoms. The van der Waals surface area contributed by atoms with Crippen LogP contribution in [0.2, 0.25) is 0 Å². The van der Waals surface area contributed by atoms with Gasteiger partial charge in [0, 0.05) is 83.0 Å². The Balaban J connectivity index is 1.53. The summed E-state index contributed by atoms with van der Waals surface area (Å²) in [5.74, 6) is -3.65. The van der Waals surface area contributed by atoms with E-state index in [1.165, 1.54) is 14.0 Å². The second-order valence-corrected chi connectivity index (χ2v) is 14.4. The van der Waals surface area contributed by atoms with E-state index in [-0.39, 0.29) is 25.0 Å². The molecule has 6 fully saturated rings. The molecule has 254 valence electrons. The van der Waals surface area contributed by atoms with Crippen molar-refractivity contribution in [1.29, 1.82) is 0 Å². The van der Waals surface area contributed by atoms with Gasteiger partial charge < -0.3 is 43.7 Å². The van der Waals surface area contributed by atoms with Gasteiger partial charge in [0.15, 0.2) is 5.60 Å². The minimum atomic E-state index is -1.83. The van der Waals surface area contributed by atoms with Crippen LogP contribution in [0.5, 0.6) is 0 Å². The number of nitrogens with zero attached hydrogens (tertiary/aromatic N) is 1. The summed E-state index contributed by atoms with van der Waals surface area (Å²) in [6.45, 7) is 4.68. The lowest BCUT2D eigenvalue weighted by molar-refractivity contribution is -0.322. The summed E-state index contributed by atoms with van der Waals surface area (Å²) in [6.07, 6.45) is -5.49. The Bertz CT molecular complexity index is 1360. The highest BCUT2D eigenvalue weighted by Crippen LogP contribution is 2.80. The number of aliphatic hydroxyl groups is 3. The van der Waals surface area contributed by atoms with Crippen molar-refractivity contribution in [2.24, 2.45) is 34.5 Å². The molecule has 5 saturated carbocycles. The van der Waals surface area contributed by atoms with E-state index >= 15 is 0 Å². The summed E-state index contributed by atoms with van der Waals surface area (Å²) in [5.41, 5.74) is -4.79. The van der Waals surface area contributed by atoms with Crippen LogP contribution in [0.4, 0.5) is 0 Å². The van der Waals surface area contributed by atoms with Gasteiger partial charge >= 0.3 is 11.9 Å². The van der Waals surface area contributed by atoms with Crippen molar-refractivity contribution in [3.63, 3.8) is 0 Å². The molecule has 3 N–H and O–H groups in total. The minimum absolute atomic E-state index is 0.0791. The van der Waals surface area contributed by atoms with Crippen molar-refractivity contribution >= 4 is 11.9 Å². The maximum absolute atomic E-state index is 13.8. The monoisotopic (exact) mass is 645 g/mol. The van der Waals surface area contributed by atoms with E-state index < -0.39 is 88.3 Å². The van der Waals surface area contributed by atoms with Crippen molar-refractivity contribution in [1.82, 2.24) is 4.90 Å². The zero-order valence-corrected chi connectivity index (χ0v) is 27.3. The Morgan fingerprint density at radius 3 is 2.30 bits per heavy atom. The number of piperidine rings is 1. The molecule has 1 heterocycles. The van der Waals surface area contributed by atoms with Crippen molar-refractivity contribution in [3.05, 3.63) is 35.9 Å². The van der Waals surface area contributed by atoms with E-state index in [2.05, 4.69) is 4.90 Å². The number of carbonyl (C=O) groups is 2. The van der Waals surface area contributed by atoms with Gasteiger partial charge in [0.05, 0.1) is 30.5 Å². The minimum Gasteiger partial charge on any atom is -0.455 e. The van der Waals surface area contributed by atoms with E-state index in [0.29, 0.717) is 25.1 Å². The number of aliphatic hydroxyl groups excluding tert-OH is 2. The molecule has 1 spiro atoms. The highest BCUT2D eigenvalue weighted by atomic mass is 16.6. The fourth-order valence-corrected chi connectivity index (χ4v) is 12.3. The number of ether oxygens (including phenoxy) is 6. The Labute approximate surface area is 269 Å². The zero-order valence-electron chi connectivity index (χ0n) is 27.3. The van der Waals surface area contributed by atoms with Gasteiger partial charge in [-0.3, -0.25) is 9.69 Å². The molecule has 1 aromatic rings. The van der Waals surface area contributed by atoms with E-state index in [9.17, 15) is 24.9 Å². The second kappa shape index (κ2) is 10.9. The van der Waals surface area contributed by atoms with Crippen LogP contribution < -0.4 is 0 Å². The summed E-state index contributed by atoms with van der Waals surface area (Å²) >= 11 is 0. The average Bonchev–Trinajstić information content (AvgIpc) is 3.41. The molecule has 15 atom stereocenters. The molecule has 1 aromatic carbocycles. The summed E-state index contributed by atoms with van der Waals surface area (Å²) in [7, 11) is 6.27. The molecule has 0 radical (unpaired) electrons. The molecular formula is C34H47NO11. The molecule has 6 aliphatic rings. The molecule has 1 aliphatic heterocycles. The molecule has 0 amide bonds. The van der Waals surface area contributed by atoms with Gasteiger partial charge in [-0.15, -0.1) is 0 Å². The van der Waals surface area contributed by atoms with Gasteiger partial charge in [-0.05, 0) is 31.0 Å². The number of likely N-dealkylation sites (tertiary alicyclic amines) is 1. The van der Waals surface area contributed by atoms with Gasteiger partial charge in [0.1, 0.15) is 23.9 Å². The summed E-state index contributed by atoms with van der Waals surface area (Å²) in [4.78, 5) is 29.3. The third-order valence-corrected chi connectivity index (χ3v) is 13.2. The fourth-order valence-electron chi connectivity index (χ4n) is 12.3. The van der Waals surface area contributed by atoms with Crippen LogP contribution in [-0.4, -0.2) is 134 Å². The summed E-state index contributed by atoms with van der Waals surface area (Å²) in [6, 6.07) is 8.18. The summed E-state index contributed by atoms with van der Waals surface area (Å²) < 4.78 is 37.4. The number of methoxy groups -OCH3 is 4. The van der Waals surface area contributed by atoms with Crippen LogP contribution in [0.15, 0.2) is 30.3 Å². The number of rotatable bonds is 9. The predicted molar refractivity (Wildman–Crippen MR) is 160 cm³/mol. The average molecular weight is 646 g/mol. The molecule has 7 rings (SSSR count). The quantitative estimate of drug-likeness (QED) is 0.323. The van der Waals surface area contributed by atoms with Crippen molar-refractivity contribution in [2.75, 3.05) is 48.1 Å². The van der Waals surface area contributed by atoms with Crippen molar-refractivity contribution in [3.8, 4) is 0 Å². The molecule has 3 unspecified atom stereocenters. The van der Waals surface area contributed by atoms with E-state index in [1.54, 1.807) is 51.7 Å². The first-order valence-corrected chi connectivity index (χ1v) is 16.3. The van der Waals surface area contributed by atoms with Crippen LogP contribution in [-0.2, 0) is 33.2 Å². The molecule has 0 aromatic heterocycles. The van der Waals surface area contributed by atoms with Crippen LogP contribution in [0.25, 0.3) is 0 Å². The normalized spacial score (nSPS) is 49.9. The van der Waals surface area contributed by atoms with Crippen molar-refractivity contribution < 1.29 is 53.3 Å². The highest BCUT2D eigenvalue weighted by Gasteiger charge is 2.92. The number of esters is 2. The Morgan fingerprint density at radius 2 is 1.72 bits per heavy atom. The molecule has 7 bridgehead atoms. The number of fused-ring (bicyclic) bond motifs is 2. The lowest BCUT2D eigenvalue weighted by Gasteiger charge is -2.70. The topological polar surface area (TPSA) is 153 Å². The molecule has 5 aliphatic carbocycles. The predicted octanol–water partition coefficient (Wildman–Crippen LogP) is 0.648. The Morgan fingerprint density at radius 1 is 1.00 bits per heavy atom. The molecule has 1 saturated heterocycles. The van der Waals surface area contributed by atoms with Gasteiger partial charge in [0.2, 0.25) is 0 Å². The van der Waals surface area contributed by atoms with E-state index in [4.69, 9.17) is 28.4 Å². The first kappa shape index (κ1) is 32.4. The van der Waals surface area contributed by atoms with Crippen LogP contribution in [0.1, 0.15) is 37.0 Å². The maximum Gasteiger partial charge on any atom is 0.338 e. The van der Waals surface area contributed by atoms with Gasteiger partial charge in [-0.1, -0.05) is 25.1 Å². The van der Waals surface area contributed by atoms with Crippen LogP contribution >= 0.6 is 0 Å². The molecule has 12 heteroatoms. The van der Waals surface area contributed by atoms with E-state index in [0.717, 1.165) is 0 Å². The number of hydrogen-bond donors (Lipinski definition) is 3. The largest absolute Gasteiger partial charge is 0.455 e. The number of benzene rings is 1. The number of carbonyl (C=O) groups excluding carboxylic acids is 2. The van der Waals surface area contributed by atoms with Crippen molar-refractivity contribution in [2.45, 2.75) is 80.6 Å². The first-order valence-electron chi connectivity index (χ1n) is 16.3. The van der Waals surface area contributed by atoms with Gasteiger partial charge in [-0.2, -0.15) is 0 Å². The van der Waals surface area contributed by atoms with E-state index in [1.807, 2.05) is 6.92 Å². The third-order valence-electron chi connectivity index (χ3n) is 13.2. The Kier molecular flexibility index (Phi) is 7.69. The third kappa shape index (κ3) is 3.62. The second-order valence-electron chi connectivity index (χ2n) is 14.4. The Hall–Kier alpha value is -2.16. The van der Waals surface area contributed by atoms with Gasteiger partial charge in [-0.25, -0.2) is 4.79 Å². The SMILES string of the molecule is CCN1C[C@]2(COC)[C@H](O)C[C@H](OC)C34C1C([C@H](OC)[C@@H]32)[C@]1(OC(C)=O)[C@@H]2[C@H]4C[C@@](O)([C@H]2OC(=O)c2ccccc2)[C@@H](OC)[C@@H]1O. The maximum atomic E-state index is 13.8. The smallest absolute Gasteiger partial charge is 0.338 e. The lowest BCUT2D eigenvalue weighted by Crippen LogP contribution is -2.81. The van der Waals surface area contributed by atoms with Crippen LogP contribution in [0, 0.1) is 34.5 Å². The fraction of sp³-hybridized carbons (Fsp3) is 0.765. The summed E-state index contributed by atoms with van der Waals surface area (Å²) in [5, 5.41) is 37.3.